The molecule has 0 atom stereocenters. The zero-order valence-corrected chi connectivity index (χ0v) is 12.9. The van der Waals surface area contributed by atoms with Crippen LogP contribution in [0.4, 0.5) is 0 Å². The minimum Gasteiger partial charge on any atom is -0.481 e. The summed E-state index contributed by atoms with van der Waals surface area (Å²) in [5.74, 6) is -1.31. The van der Waals surface area contributed by atoms with Crippen molar-refractivity contribution in [1.82, 2.24) is 15.1 Å². The molecule has 0 aliphatic heterocycles. The molecule has 0 spiro atoms. The van der Waals surface area contributed by atoms with E-state index in [1.54, 1.807) is 10.9 Å². The second-order valence-corrected chi connectivity index (χ2v) is 5.96. The fraction of sp³-hybridized carbons (Fsp3) is 0.353. The van der Waals surface area contributed by atoms with Crippen LogP contribution in [0.15, 0.2) is 36.5 Å². The first-order valence-corrected chi connectivity index (χ1v) is 7.64. The van der Waals surface area contributed by atoms with Gasteiger partial charge < -0.3 is 10.4 Å². The van der Waals surface area contributed by atoms with Crippen LogP contribution < -0.4 is 5.32 Å². The maximum absolute atomic E-state index is 12.3. The number of carboxylic acid groups (broad SMARTS) is 1. The lowest BCUT2D eigenvalue weighted by Gasteiger charge is -2.32. The summed E-state index contributed by atoms with van der Waals surface area (Å²) < 4.78 is 1.80. The van der Waals surface area contributed by atoms with E-state index in [9.17, 15) is 9.59 Å². The van der Waals surface area contributed by atoms with Gasteiger partial charge in [0, 0.05) is 11.7 Å². The molecule has 6 heteroatoms. The van der Waals surface area contributed by atoms with Crippen molar-refractivity contribution in [2.45, 2.75) is 32.4 Å². The molecule has 120 valence electrons. The van der Waals surface area contributed by atoms with Crippen LogP contribution in [0.3, 0.4) is 0 Å². The number of benzene rings is 1. The summed E-state index contributed by atoms with van der Waals surface area (Å²) in [5, 5.41) is 16.0. The van der Waals surface area contributed by atoms with Gasteiger partial charge in [0.1, 0.15) is 0 Å². The van der Waals surface area contributed by atoms with E-state index in [0.717, 1.165) is 11.3 Å². The van der Waals surface area contributed by atoms with Gasteiger partial charge in [0.25, 0.3) is 5.91 Å². The van der Waals surface area contributed by atoms with Crippen LogP contribution in [0.5, 0.6) is 0 Å². The summed E-state index contributed by atoms with van der Waals surface area (Å²) in [7, 11) is 0. The van der Waals surface area contributed by atoms with Crippen molar-refractivity contribution in [3.05, 3.63) is 53.3 Å². The van der Waals surface area contributed by atoms with Gasteiger partial charge in [-0.05, 0) is 25.3 Å². The Morgan fingerprint density at radius 1 is 1.30 bits per heavy atom. The molecule has 1 aliphatic rings. The van der Waals surface area contributed by atoms with Crippen molar-refractivity contribution in [1.29, 1.82) is 0 Å². The maximum Gasteiger partial charge on any atom is 0.306 e. The van der Waals surface area contributed by atoms with E-state index in [2.05, 4.69) is 10.4 Å². The molecular weight excluding hydrogens is 294 g/mol. The highest BCUT2D eigenvalue weighted by atomic mass is 16.4. The Balaban J connectivity index is 1.63. The quantitative estimate of drug-likeness (QED) is 0.882. The third-order valence-electron chi connectivity index (χ3n) is 4.35. The summed E-state index contributed by atoms with van der Waals surface area (Å²) in [5.41, 5.74) is 2.47. The zero-order valence-electron chi connectivity index (χ0n) is 12.9. The highest BCUT2D eigenvalue weighted by Gasteiger charge is 2.35. The van der Waals surface area contributed by atoms with Crippen molar-refractivity contribution in [3.8, 4) is 0 Å². The molecule has 1 fully saturated rings. The highest BCUT2D eigenvalue weighted by molar-refractivity contribution is 5.95. The molecule has 0 saturated heterocycles. The number of aromatic nitrogens is 2. The number of carbonyl (C=O) groups excluding carboxylic acids is 1. The first kappa shape index (κ1) is 15.3. The zero-order chi connectivity index (χ0) is 16.4. The monoisotopic (exact) mass is 313 g/mol. The van der Waals surface area contributed by atoms with Crippen LogP contribution >= 0.6 is 0 Å². The second kappa shape index (κ2) is 6.24. The summed E-state index contributed by atoms with van der Waals surface area (Å²) in [4.78, 5) is 23.1. The van der Waals surface area contributed by atoms with E-state index in [1.807, 2.05) is 37.3 Å². The van der Waals surface area contributed by atoms with Gasteiger partial charge >= 0.3 is 5.97 Å². The first-order chi connectivity index (χ1) is 11.0. The van der Waals surface area contributed by atoms with Crippen molar-refractivity contribution >= 4 is 11.9 Å². The normalized spacial score (nSPS) is 19.9. The third-order valence-corrected chi connectivity index (χ3v) is 4.35. The summed E-state index contributed by atoms with van der Waals surface area (Å²) in [6.45, 7) is 2.48. The predicted molar refractivity (Wildman–Crippen MR) is 84.1 cm³/mol. The lowest BCUT2D eigenvalue weighted by molar-refractivity contribution is -0.145. The molecule has 6 nitrogen and oxygen atoms in total. The Bertz CT molecular complexity index is 718. The van der Waals surface area contributed by atoms with Crippen LogP contribution in [-0.2, 0) is 11.3 Å². The van der Waals surface area contributed by atoms with Gasteiger partial charge in [-0.15, -0.1) is 0 Å². The van der Waals surface area contributed by atoms with Crippen molar-refractivity contribution in [2.24, 2.45) is 5.92 Å². The molecule has 2 aromatic rings. The van der Waals surface area contributed by atoms with Gasteiger partial charge in [0.15, 0.2) is 0 Å². The molecular formula is C17H19N3O3. The number of carboxylic acids is 1. The van der Waals surface area contributed by atoms with Crippen LogP contribution in [0.1, 0.15) is 34.5 Å². The van der Waals surface area contributed by atoms with Gasteiger partial charge in [0.05, 0.1) is 24.2 Å². The number of hydrogen-bond donors (Lipinski definition) is 2. The first-order valence-electron chi connectivity index (χ1n) is 7.64. The molecule has 1 aliphatic carbocycles. The Kier molecular flexibility index (Phi) is 4.14. The van der Waals surface area contributed by atoms with Gasteiger partial charge in [-0.1, -0.05) is 30.3 Å². The lowest BCUT2D eigenvalue weighted by Crippen LogP contribution is -2.46. The highest BCUT2D eigenvalue weighted by Crippen LogP contribution is 2.27. The van der Waals surface area contributed by atoms with Crippen LogP contribution in [0.2, 0.25) is 0 Å². The number of carbonyl (C=O) groups is 2. The third kappa shape index (κ3) is 3.26. The van der Waals surface area contributed by atoms with Gasteiger partial charge in [-0.3, -0.25) is 14.3 Å². The molecule has 0 radical (unpaired) electrons. The molecule has 1 aromatic heterocycles. The van der Waals surface area contributed by atoms with Gasteiger partial charge in [-0.2, -0.15) is 5.10 Å². The van der Waals surface area contributed by atoms with Crippen LogP contribution in [0.25, 0.3) is 0 Å². The van der Waals surface area contributed by atoms with Crippen molar-refractivity contribution in [3.63, 3.8) is 0 Å². The van der Waals surface area contributed by atoms with E-state index < -0.39 is 5.97 Å². The Morgan fingerprint density at radius 2 is 2.00 bits per heavy atom. The topological polar surface area (TPSA) is 84.2 Å². The van der Waals surface area contributed by atoms with Crippen molar-refractivity contribution < 1.29 is 14.7 Å². The van der Waals surface area contributed by atoms with Gasteiger partial charge in [-0.25, -0.2) is 0 Å². The fourth-order valence-electron chi connectivity index (χ4n) is 2.79. The average Bonchev–Trinajstić information content (AvgIpc) is 2.84. The fourth-order valence-corrected chi connectivity index (χ4v) is 2.79. The second-order valence-electron chi connectivity index (χ2n) is 5.96. The minimum atomic E-state index is -0.789. The Labute approximate surface area is 134 Å². The average molecular weight is 313 g/mol. The number of amides is 1. The molecule has 0 bridgehead atoms. The maximum atomic E-state index is 12.3. The molecule has 1 heterocycles. The minimum absolute atomic E-state index is 0.0551. The Hall–Kier alpha value is -2.63. The van der Waals surface area contributed by atoms with Crippen LogP contribution in [-0.4, -0.2) is 32.8 Å². The number of rotatable bonds is 5. The SMILES string of the molecule is Cc1c(C(=O)NC2CC(C(=O)O)C2)cnn1Cc1ccccc1. The largest absolute Gasteiger partial charge is 0.481 e. The van der Waals surface area contributed by atoms with E-state index >= 15 is 0 Å². The lowest BCUT2D eigenvalue weighted by atomic mass is 9.80. The molecule has 23 heavy (non-hydrogen) atoms. The Morgan fingerprint density at radius 3 is 2.65 bits per heavy atom. The molecule has 1 saturated carbocycles. The predicted octanol–water partition coefficient (Wildman–Crippen LogP) is 1.83. The van der Waals surface area contributed by atoms with E-state index in [4.69, 9.17) is 5.11 Å². The molecule has 1 aromatic carbocycles. The molecule has 2 N–H and O–H groups in total. The number of nitrogens with one attached hydrogen (secondary N) is 1. The van der Waals surface area contributed by atoms with Crippen LogP contribution in [0, 0.1) is 12.8 Å². The molecule has 1 amide bonds. The molecule has 3 rings (SSSR count). The standard InChI is InChI=1S/C17H19N3O3/c1-11-15(16(21)19-14-7-13(8-14)17(22)23)9-18-20(11)10-12-5-3-2-4-6-12/h2-6,9,13-14H,7-8,10H2,1H3,(H,19,21)(H,22,23). The van der Waals surface area contributed by atoms with E-state index in [1.165, 1.54) is 0 Å². The number of nitrogens with zero attached hydrogens (tertiary/aromatic N) is 2. The van der Waals surface area contributed by atoms with E-state index in [-0.39, 0.29) is 17.9 Å². The van der Waals surface area contributed by atoms with Gasteiger partial charge in [0.2, 0.25) is 0 Å². The molecule has 0 unspecified atom stereocenters. The summed E-state index contributed by atoms with van der Waals surface area (Å²) >= 11 is 0. The van der Waals surface area contributed by atoms with Crippen molar-refractivity contribution in [2.75, 3.05) is 0 Å². The number of aliphatic carboxylic acids is 1. The summed E-state index contributed by atoms with van der Waals surface area (Å²) in [6, 6.07) is 9.87. The smallest absolute Gasteiger partial charge is 0.306 e. The van der Waals surface area contributed by atoms with E-state index in [0.29, 0.717) is 24.9 Å². The number of hydrogen-bond acceptors (Lipinski definition) is 3. The summed E-state index contributed by atoms with van der Waals surface area (Å²) in [6.07, 6.45) is 2.57.